The maximum absolute atomic E-state index is 5.94. The van der Waals surface area contributed by atoms with E-state index < -0.39 is 0 Å². The van der Waals surface area contributed by atoms with Crippen LogP contribution in [0.5, 0.6) is 0 Å². The topological polar surface area (TPSA) is 51.8 Å². The number of rotatable bonds is 3. The highest BCUT2D eigenvalue weighted by molar-refractivity contribution is 7.13. The molecule has 0 aliphatic rings. The van der Waals surface area contributed by atoms with Gasteiger partial charge in [-0.3, -0.25) is 4.98 Å². The number of benzene rings is 1. The molecule has 2 heterocycles. The van der Waals surface area contributed by atoms with E-state index in [2.05, 4.69) is 23.4 Å². The van der Waals surface area contributed by atoms with Crippen molar-refractivity contribution in [1.29, 1.82) is 0 Å². The molecule has 106 valence electrons. The minimum Gasteiger partial charge on any atom is -0.399 e. The van der Waals surface area contributed by atoms with Crippen molar-refractivity contribution in [2.24, 2.45) is 0 Å². The second-order valence-electron chi connectivity index (χ2n) is 5.17. The Balaban J connectivity index is 1.87. The van der Waals surface area contributed by atoms with E-state index in [4.69, 9.17) is 10.7 Å². The van der Waals surface area contributed by atoms with E-state index in [1.54, 1.807) is 17.5 Å². The Labute approximate surface area is 128 Å². The third-order valence-corrected chi connectivity index (χ3v) is 4.45. The Morgan fingerprint density at radius 1 is 1.14 bits per heavy atom. The summed E-state index contributed by atoms with van der Waals surface area (Å²) in [4.78, 5) is 9.04. The first kappa shape index (κ1) is 13.8. The van der Waals surface area contributed by atoms with Crippen molar-refractivity contribution in [2.75, 3.05) is 5.73 Å². The van der Waals surface area contributed by atoms with Crippen LogP contribution < -0.4 is 5.73 Å². The molecule has 0 aliphatic heterocycles. The monoisotopic (exact) mass is 295 g/mol. The molecule has 3 aromatic rings. The van der Waals surface area contributed by atoms with Crippen molar-refractivity contribution >= 4 is 17.0 Å². The number of nitrogens with zero attached hydrogens (tertiary/aromatic N) is 2. The van der Waals surface area contributed by atoms with Crippen LogP contribution in [0.4, 0.5) is 5.69 Å². The molecule has 4 heteroatoms. The number of thiazole rings is 1. The van der Waals surface area contributed by atoms with Crippen molar-refractivity contribution in [3.63, 3.8) is 0 Å². The zero-order chi connectivity index (χ0) is 14.8. The van der Waals surface area contributed by atoms with Crippen molar-refractivity contribution in [3.8, 4) is 10.7 Å². The van der Waals surface area contributed by atoms with Gasteiger partial charge in [-0.2, -0.15) is 0 Å². The lowest BCUT2D eigenvalue weighted by molar-refractivity contribution is 1.08. The quantitative estimate of drug-likeness (QED) is 0.743. The van der Waals surface area contributed by atoms with E-state index in [1.165, 1.54) is 11.1 Å². The van der Waals surface area contributed by atoms with Gasteiger partial charge in [0.15, 0.2) is 0 Å². The summed E-state index contributed by atoms with van der Waals surface area (Å²) in [6.07, 6.45) is 2.63. The molecule has 0 atom stereocenters. The molecule has 1 aromatic carbocycles. The maximum atomic E-state index is 5.94. The van der Waals surface area contributed by atoms with Crippen LogP contribution in [0.3, 0.4) is 0 Å². The number of nitrogen functional groups attached to an aromatic ring is 1. The number of nitrogens with two attached hydrogens (primary N) is 1. The van der Waals surface area contributed by atoms with Gasteiger partial charge in [0, 0.05) is 23.7 Å². The lowest BCUT2D eigenvalue weighted by atomic mass is 10.0. The SMILES string of the molecule is Cc1cc(Cc2csc(-c3ccccn3)n2)c(C)cc1N. The molecule has 2 N–H and O–H groups in total. The average molecular weight is 295 g/mol. The van der Waals surface area contributed by atoms with Crippen LogP contribution in [0, 0.1) is 13.8 Å². The van der Waals surface area contributed by atoms with Gasteiger partial charge in [0.1, 0.15) is 5.01 Å². The molecule has 3 nitrogen and oxygen atoms in total. The zero-order valence-corrected chi connectivity index (χ0v) is 12.9. The number of hydrogen-bond acceptors (Lipinski definition) is 4. The first-order valence-electron chi connectivity index (χ1n) is 6.85. The molecule has 0 spiro atoms. The van der Waals surface area contributed by atoms with E-state index in [0.29, 0.717) is 0 Å². The first-order valence-corrected chi connectivity index (χ1v) is 7.73. The summed E-state index contributed by atoms with van der Waals surface area (Å²) in [5.74, 6) is 0. The molecule has 0 saturated carbocycles. The molecule has 0 amide bonds. The highest BCUT2D eigenvalue weighted by Crippen LogP contribution is 2.25. The van der Waals surface area contributed by atoms with Crippen molar-refractivity contribution in [2.45, 2.75) is 20.3 Å². The van der Waals surface area contributed by atoms with Crippen molar-refractivity contribution in [3.05, 3.63) is 64.3 Å². The molecule has 2 aromatic heterocycles. The van der Waals surface area contributed by atoms with E-state index in [1.807, 2.05) is 31.2 Å². The number of aryl methyl sites for hydroxylation is 2. The predicted molar refractivity (Wildman–Crippen MR) is 88.5 cm³/mol. The molecule has 0 unspecified atom stereocenters. The van der Waals surface area contributed by atoms with E-state index in [9.17, 15) is 0 Å². The Morgan fingerprint density at radius 2 is 2.00 bits per heavy atom. The number of hydrogen-bond donors (Lipinski definition) is 1. The maximum Gasteiger partial charge on any atom is 0.142 e. The van der Waals surface area contributed by atoms with E-state index >= 15 is 0 Å². The number of pyridine rings is 1. The lowest BCUT2D eigenvalue weighted by Gasteiger charge is -2.08. The van der Waals surface area contributed by atoms with Gasteiger partial charge in [-0.1, -0.05) is 12.1 Å². The standard InChI is InChI=1S/C17H17N3S/c1-11-8-15(18)12(2)7-13(11)9-14-10-21-17(20-14)16-5-3-4-6-19-16/h3-8,10H,9,18H2,1-2H3. The molecule has 21 heavy (non-hydrogen) atoms. The average Bonchev–Trinajstić information content (AvgIpc) is 2.94. The summed E-state index contributed by atoms with van der Waals surface area (Å²) in [5, 5.41) is 3.07. The third kappa shape index (κ3) is 2.95. The molecular formula is C17H17N3S. The summed E-state index contributed by atoms with van der Waals surface area (Å²) >= 11 is 1.64. The Hall–Kier alpha value is -2.20. The molecule has 0 aliphatic carbocycles. The van der Waals surface area contributed by atoms with Crippen LogP contribution >= 0.6 is 11.3 Å². The fourth-order valence-corrected chi connectivity index (χ4v) is 3.07. The minimum absolute atomic E-state index is 0.830. The van der Waals surface area contributed by atoms with Crippen LogP contribution in [0.25, 0.3) is 10.7 Å². The third-order valence-electron chi connectivity index (χ3n) is 3.53. The zero-order valence-electron chi connectivity index (χ0n) is 12.1. The van der Waals surface area contributed by atoms with Gasteiger partial charge in [0.05, 0.1) is 11.4 Å². The predicted octanol–water partition coefficient (Wildman–Crippen LogP) is 3.99. The van der Waals surface area contributed by atoms with Gasteiger partial charge in [-0.25, -0.2) is 4.98 Å². The van der Waals surface area contributed by atoms with Crippen LogP contribution in [0.2, 0.25) is 0 Å². The van der Waals surface area contributed by atoms with Crippen LogP contribution in [0.15, 0.2) is 41.9 Å². The summed E-state index contributed by atoms with van der Waals surface area (Å²) in [6, 6.07) is 10.1. The number of anilines is 1. The van der Waals surface area contributed by atoms with Crippen LogP contribution in [-0.4, -0.2) is 9.97 Å². The highest BCUT2D eigenvalue weighted by Gasteiger charge is 2.08. The fourth-order valence-electron chi connectivity index (χ4n) is 2.28. The molecule has 0 saturated heterocycles. The molecule has 0 bridgehead atoms. The molecule has 3 rings (SSSR count). The van der Waals surface area contributed by atoms with E-state index in [-0.39, 0.29) is 0 Å². The smallest absolute Gasteiger partial charge is 0.142 e. The van der Waals surface area contributed by atoms with Crippen molar-refractivity contribution in [1.82, 2.24) is 9.97 Å². The largest absolute Gasteiger partial charge is 0.399 e. The molecule has 0 fully saturated rings. The Bertz CT molecular complexity index is 763. The second-order valence-corrected chi connectivity index (χ2v) is 6.03. The first-order chi connectivity index (χ1) is 10.1. The van der Waals surface area contributed by atoms with Crippen LogP contribution in [-0.2, 0) is 6.42 Å². The lowest BCUT2D eigenvalue weighted by Crippen LogP contribution is -1.97. The van der Waals surface area contributed by atoms with E-state index in [0.717, 1.165) is 34.1 Å². The summed E-state index contributed by atoms with van der Waals surface area (Å²) in [6.45, 7) is 4.13. The van der Waals surface area contributed by atoms with Gasteiger partial charge in [-0.05, 0) is 48.7 Å². The highest BCUT2D eigenvalue weighted by atomic mass is 32.1. The van der Waals surface area contributed by atoms with Crippen molar-refractivity contribution < 1.29 is 0 Å². The second kappa shape index (κ2) is 5.66. The van der Waals surface area contributed by atoms with Crippen LogP contribution in [0.1, 0.15) is 22.4 Å². The number of aromatic nitrogens is 2. The van der Waals surface area contributed by atoms with Gasteiger partial charge in [-0.15, -0.1) is 11.3 Å². The summed E-state index contributed by atoms with van der Waals surface area (Å²) in [7, 11) is 0. The van der Waals surface area contributed by atoms with Gasteiger partial charge < -0.3 is 5.73 Å². The summed E-state index contributed by atoms with van der Waals surface area (Å²) in [5.41, 5.74) is 12.4. The Morgan fingerprint density at radius 3 is 2.76 bits per heavy atom. The van der Waals surface area contributed by atoms with Gasteiger partial charge in [0.25, 0.3) is 0 Å². The van der Waals surface area contributed by atoms with Gasteiger partial charge >= 0.3 is 0 Å². The molecule has 0 radical (unpaired) electrons. The van der Waals surface area contributed by atoms with Gasteiger partial charge in [0.2, 0.25) is 0 Å². The molecular weight excluding hydrogens is 278 g/mol. The Kier molecular flexibility index (Phi) is 3.71. The summed E-state index contributed by atoms with van der Waals surface area (Å²) < 4.78 is 0. The minimum atomic E-state index is 0.830. The fraction of sp³-hybridized carbons (Fsp3) is 0.176. The normalized spacial score (nSPS) is 10.8.